The van der Waals surface area contributed by atoms with E-state index in [-0.39, 0.29) is 0 Å². The molecule has 40 heavy (non-hydrogen) atoms. The topological polar surface area (TPSA) is 13.1 Å². The summed E-state index contributed by atoms with van der Waals surface area (Å²) in [7, 11) is 0. The van der Waals surface area contributed by atoms with Gasteiger partial charge in [0, 0.05) is 21.9 Å². The van der Waals surface area contributed by atoms with E-state index in [1.807, 2.05) is 6.07 Å². The molecule has 0 aliphatic rings. The second kappa shape index (κ2) is 8.97. The van der Waals surface area contributed by atoms with Crippen molar-refractivity contribution in [2.75, 3.05) is 0 Å². The van der Waals surface area contributed by atoms with Crippen molar-refractivity contribution in [2.24, 2.45) is 0 Å². The van der Waals surface area contributed by atoms with E-state index in [4.69, 9.17) is 4.42 Å². The maximum absolute atomic E-state index is 6.54. The van der Waals surface area contributed by atoms with Gasteiger partial charge in [0.1, 0.15) is 11.2 Å². The van der Waals surface area contributed by atoms with Crippen LogP contribution in [0.5, 0.6) is 0 Å². The highest BCUT2D eigenvalue weighted by atomic mass is 16.3. The standard InChI is InChI=1S/C39H26O/c1-25-18-23-32-35(24-25)38(34-16-9-15-33-29-12-7-8-17-36(29)40-39(33)34)31-14-6-5-13-30(31)37(32)28-21-19-27(20-22-28)26-10-3-2-4-11-26/h2-24H,1H3. The molecule has 0 radical (unpaired) electrons. The first-order chi connectivity index (χ1) is 19.8. The number of furan rings is 1. The van der Waals surface area contributed by atoms with Gasteiger partial charge in [-0.3, -0.25) is 0 Å². The first-order valence-electron chi connectivity index (χ1n) is 13.8. The third-order valence-electron chi connectivity index (χ3n) is 8.13. The van der Waals surface area contributed by atoms with E-state index in [1.54, 1.807) is 0 Å². The molecule has 0 fully saturated rings. The molecule has 8 rings (SSSR count). The van der Waals surface area contributed by atoms with Gasteiger partial charge in [0.2, 0.25) is 0 Å². The predicted molar refractivity (Wildman–Crippen MR) is 170 cm³/mol. The number of rotatable bonds is 3. The molecule has 0 saturated carbocycles. The lowest BCUT2D eigenvalue weighted by molar-refractivity contribution is 0.670. The second-order valence-corrected chi connectivity index (χ2v) is 10.6. The Morgan fingerprint density at radius 2 is 1.00 bits per heavy atom. The van der Waals surface area contributed by atoms with Crippen molar-refractivity contribution < 1.29 is 4.42 Å². The van der Waals surface area contributed by atoms with Gasteiger partial charge in [0.05, 0.1) is 0 Å². The van der Waals surface area contributed by atoms with Crippen LogP contribution in [-0.4, -0.2) is 0 Å². The first kappa shape index (κ1) is 22.8. The monoisotopic (exact) mass is 510 g/mol. The van der Waals surface area contributed by atoms with Gasteiger partial charge in [-0.25, -0.2) is 0 Å². The third kappa shape index (κ3) is 3.48. The van der Waals surface area contributed by atoms with Crippen molar-refractivity contribution in [3.63, 3.8) is 0 Å². The Bertz CT molecular complexity index is 2200. The van der Waals surface area contributed by atoms with Crippen LogP contribution in [0, 0.1) is 6.92 Å². The minimum atomic E-state index is 0.921. The van der Waals surface area contributed by atoms with Gasteiger partial charge >= 0.3 is 0 Å². The predicted octanol–water partition coefficient (Wildman–Crippen LogP) is 11.2. The van der Waals surface area contributed by atoms with Crippen molar-refractivity contribution in [2.45, 2.75) is 6.92 Å². The average Bonchev–Trinajstić information content (AvgIpc) is 3.40. The Morgan fingerprint density at radius 3 is 1.80 bits per heavy atom. The van der Waals surface area contributed by atoms with E-state index >= 15 is 0 Å². The van der Waals surface area contributed by atoms with Crippen LogP contribution in [-0.2, 0) is 0 Å². The normalized spacial score (nSPS) is 11.6. The fourth-order valence-electron chi connectivity index (χ4n) is 6.30. The second-order valence-electron chi connectivity index (χ2n) is 10.6. The Hall–Kier alpha value is -5.14. The molecule has 7 aromatic carbocycles. The molecule has 0 saturated heterocycles. The number of fused-ring (bicyclic) bond motifs is 5. The Labute approximate surface area is 232 Å². The summed E-state index contributed by atoms with van der Waals surface area (Å²) >= 11 is 0. The van der Waals surface area contributed by atoms with Gasteiger partial charge in [0.15, 0.2) is 0 Å². The molecule has 8 aromatic rings. The summed E-state index contributed by atoms with van der Waals surface area (Å²) in [4.78, 5) is 0. The molecule has 0 N–H and O–H groups in total. The fraction of sp³-hybridized carbons (Fsp3) is 0.0256. The number of hydrogen-bond acceptors (Lipinski definition) is 1. The molecule has 1 heterocycles. The highest BCUT2D eigenvalue weighted by Crippen LogP contribution is 2.46. The fourth-order valence-corrected chi connectivity index (χ4v) is 6.30. The zero-order chi connectivity index (χ0) is 26.6. The van der Waals surface area contributed by atoms with Crippen molar-refractivity contribution in [3.8, 4) is 33.4 Å². The van der Waals surface area contributed by atoms with E-state index in [0.717, 1.165) is 27.5 Å². The van der Waals surface area contributed by atoms with Crippen LogP contribution in [0.2, 0.25) is 0 Å². The minimum absolute atomic E-state index is 0.921. The van der Waals surface area contributed by atoms with Crippen LogP contribution in [0.3, 0.4) is 0 Å². The van der Waals surface area contributed by atoms with Crippen LogP contribution in [0.4, 0.5) is 0 Å². The highest BCUT2D eigenvalue weighted by Gasteiger charge is 2.20. The van der Waals surface area contributed by atoms with E-state index in [0.29, 0.717) is 0 Å². The summed E-state index contributed by atoms with van der Waals surface area (Å²) in [6, 6.07) is 50.1. The Morgan fingerprint density at radius 1 is 0.400 bits per heavy atom. The van der Waals surface area contributed by atoms with Gasteiger partial charge < -0.3 is 4.42 Å². The van der Waals surface area contributed by atoms with Crippen LogP contribution in [0.1, 0.15) is 5.56 Å². The van der Waals surface area contributed by atoms with Crippen LogP contribution < -0.4 is 0 Å². The SMILES string of the molecule is Cc1ccc2c(-c3ccc(-c4ccccc4)cc3)c3ccccc3c(-c3cccc4c3oc3ccccc34)c2c1. The van der Waals surface area contributed by atoms with Crippen LogP contribution in [0.15, 0.2) is 144 Å². The number of para-hydroxylation sites is 2. The zero-order valence-electron chi connectivity index (χ0n) is 22.2. The summed E-state index contributed by atoms with van der Waals surface area (Å²) in [6.45, 7) is 2.18. The molecule has 0 spiro atoms. The molecule has 0 atom stereocenters. The average molecular weight is 511 g/mol. The molecule has 1 aromatic heterocycles. The number of benzene rings is 7. The largest absolute Gasteiger partial charge is 0.455 e. The van der Waals surface area contributed by atoms with E-state index in [2.05, 4.69) is 140 Å². The van der Waals surface area contributed by atoms with Gasteiger partial charge in [-0.05, 0) is 56.8 Å². The van der Waals surface area contributed by atoms with Crippen molar-refractivity contribution in [1.82, 2.24) is 0 Å². The first-order valence-corrected chi connectivity index (χ1v) is 13.8. The summed E-state index contributed by atoms with van der Waals surface area (Å²) in [6.07, 6.45) is 0. The molecule has 188 valence electrons. The maximum Gasteiger partial charge on any atom is 0.143 e. The lowest BCUT2D eigenvalue weighted by atomic mass is 9.85. The molecule has 1 heteroatoms. The quantitative estimate of drug-likeness (QED) is 0.215. The summed E-state index contributed by atoms with van der Waals surface area (Å²) in [5.41, 5.74) is 10.4. The molecule has 0 amide bonds. The molecule has 0 aliphatic carbocycles. The zero-order valence-corrected chi connectivity index (χ0v) is 22.2. The van der Waals surface area contributed by atoms with Gasteiger partial charge in [-0.2, -0.15) is 0 Å². The van der Waals surface area contributed by atoms with Crippen molar-refractivity contribution in [3.05, 3.63) is 145 Å². The molecule has 0 unspecified atom stereocenters. The molecule has 0 bridgehead atoms. The summed E-state index contributed by atoms with van der Waals surface area (Å²) < 4.78 is 6.54. The van der Waals surface area contributed by atoms with Crippen molar-refractivity contribution in [1.29, 1.82) is 0 Å². The van der Waals surface area contributed by atoms with Gasteiger partial charge in [0.25, 0.3) is 0 Å². The van der Waals surface area contributed by atoms with E-state index in [1.165, 1.54) is 54.9 Å². The Kier molecular flexibility index (Phi) is 5.11. The van der Waals surface area contributed by atoms with E-state index < -0.39 is 0 Å². The highest BCUT2D eigenvalue weighted by molar-refractivity contribution is 6.24. The lowest BCUT2D eigenvalue weighted by Gasteiger charge is -2.18. The number of hydrogen-bond donors (Lipinski definition) is 0. The van der Waals surface area contributed by atoms with E-state index in [9.17, 15) is 0 Å². The smallest absolute Gasteiger partial charge is 0.143 e. The minimum Gasteiger partial charge on any atom is -0.455 e. The summed E-state index contributed by atoms with van der Waals surface area (Å²) in [5.74, 6) is 0. The van der Waals surface area contributed by atoms with Crippen molar-refractivity contribution >= 4 is 43.5 Å². The summed E-state index contributed by atoms with van der Waals surface area (Å²) in [5, 5.41) is 7.27. The van der Waals surface area contributed by atoms with Gasteiger partial charge in [-0.1, -0.05) is 139 Å². The molecule has 1 nitrogen and oxygen atoms in total. The Balaban J connectivity index is 1.45. The third-order valence-corrected chi connectivity index (χ3v) is 8.13. The molecular weight excluding hydrogens is 484 g/mol. The molecule has 0 aliphatic heterocycles. The maximum atomic E-state index is 6.54. The van der Waals surface area contributed by atoms with Crippen LogP contribution in [0.25, 0.3) is 76.9 Å². The van der Waals surface area contributed by atoms with Crippen LogP contribution >= 0.6 is 0 Å². The number of aryl methyl sites for hydroxylation is 1. The molecular formula is C39H26O. The van der Waals surface area contributed by atoms with Gasteiger partial charge in [-0.15, -0.1) is 0 Å². The lowest BCUT2D eigenvalue weighted by Crippen LogP contribution is -1.92.